The van der Waals surface area contributed by atoms with Gasteiger partial charge in [-0.1, -0.05) is 12.0 Å². The van der Waals surface area contributed by atoms with E-state index in [1.165, 1.54) is 24.3 Å². The van der Waals surface area contributed by atoms with E-state index in [-0.39, 0.29) is 52.3 Å². The van der Waals surface area contributed by atoms with Crippen LogP contribution in [0.5, 0.6) is 11.8 Å². The van der Waals surface area contributed by atoms with Gasteiger partial charge in [-0.05, 0) is 68.7 Å². The van der Waals surface area contributed by atoms with Crippen LogP contribution in [0.25, 0.3) is 21.9 Å². The van der Waals surface area contributed by atoms with Crippen LogP contribution in [-0.2, 0) is 0 Å². The number of ketones is 1. The summed E-state index contributed by atoms with van der Waals surface area (Å²) in [7, 11) is 0. The molecule has 1 aliphatic carbocycles. The molecule has 47 heavy (non-hydrogen) atoms. The van der Waals surface area contributed by atoms with Gasteiger partial charge in [-0.3, -0.25) is 9.69 Å². The standard InChI is InChI=1S/C35H35F2N7O3/c1-2-25-27(37)8-7-19-11-24(45)13-26(28(19)25)30(46)33-39-31-29(44(33)23-5-3-6-23)32(42-16-21-12-22(17-42)38-21)41-34(40-31)47-18-35-9-4-10-43(35)15-20(36)14-35/h1,7-8,11,13,20-23,38,45H,3-6,9-10,12,14-18H2/t20-,21-,22+,35+/m1/s1. The number of nitrogens with zero attached hydrogens (tertiary/aromatic N) is 6. The highest BCUT2D eigenvalue weighted by Crippen LogP contribution is 2.43. The minimum absolute atomic E-state index is 0.0103. The summed E-state index contributed by atoms with van der Waals surface area (Å²) >= 11 is 0. The van der Waals surface area contributed by atoms with Gasteiger partial charge in [0.1, 0.15) is 29.9 Å². The van der Waals surface area contributed by atoms with Crippen molar-refractivity contribution in [2.75, 3.05) is 37.7 Å². The van der Waals surface area contributed by atoms with Crippen molar-refractivity contribution in [3.8, 4) is 24.1 Å². The SMILES string of the molecule is C#Cc1c(F)ccc2cc(O)cc(C(=O)c3nc4nc(OC[C@@]56CCCN5C[C@H](F)C6)nc(N5C[C@H]6C[C@@H](C5)N6)c4n3C3CCC3)c12. The Morgan fingerprint density at radius 1 is 1.15 bits per heavy atom. The number of nitrogens with one attached hydrogen (secondary N) is 1. The third-order valence-corrected chi connectivity index (χ3v) is 11.0. The molecule has 2 aromatic heterocycles. The number of carbonyl (C=O) groups is 1. The lowest BCUT2D eigenvalue weighted by atomic mass is 9.91. The van der Waals surface area contributed by atoms with Crippen LogP contribution in [0.15, 0.2) is 24.3 Å². The molecule has 6 fully saturated rings. The van der Waals surface area contributed by atoms with Crippen LogP contribution in [-0.4, -0.2) is 91.9 Å². The number of phenolic OH excluding ortho intramolecular Hbond substituents is 1. The third kappa shape index (κ3) is 4.50. The fourth-order valence-electron chi connectivity index (χ4n) is 8.61. The molecular formula is C35H35F2N7O3. The van der Waals surface area contributed by atoms with Crippen molar-refractivity contribution in [2.24, 2.45) is 0 Å². The van der Waals surface area contributed by atoms with Crippen LogP contribution < -0.4 is 15.0 Å². The highest BCUT2D eigenvalue weighted by molar-refractivity contribution is 6.17. The van der Waals surface area contributed by atoms with Gasteiger partial charge in [0.15, 0.2) is 17.3 Å². The average Bonchev–Trinajstić information content (AvgIpc) is 3.68. The molecule has 242 valence electrons. The number of fused-ring (bicyclic) bond motifs is 5. The molecule has 4 atom stereocenters. The lowest BCUT2D eigenvalue weighted by Crippen LogP contribution is -2.67. The Balaban J connectivity index is 1.20. The molecule has 1 saturated carbocycles. The molecule has 0 amide bonds. The summed E-state index contributed by atoms with van der Waals surface area (Å²) in [5, 5.41) is 14.9. The van der Waals surface area contributed by atoms with Crippen molar-refractivity contribution in [3.05, 3.63) is 47.0 Å². The molecular weight excluding hydrogens is 604 g/mol. The van der Waals surface area contributed by atoms with Crippen molar-refractivity contribution in [1.29, 1.82) is 0 Å². The van der Waals surface area contributed by atoms with Gasteiger partial charge in [0.25, 0.3) is 0 Å². The van der Waals surface area contributed by atoms with E-state index in [4.69, 9.17) is 26.1 Å². The van der Waals surface area contributed by atoms with Crippen molar-refractivity contribution in [3.63, 3.8) is 0 Å². The number of piperazine rings is 1. The first kappa shape index (κ1) is 28.8. The van der Waals surface area contributed by atoms with E-state index in [1.54, 1.807) is 0 Å². The van der Waals surface area contributed by atoms with Crippen LogP contribution in [0, 0.1) is 18.2 Å². The van der Waals surface area contributed by atoms with Gasteiger partial charge in [0, 0.05) is 55.1 Å². The molecule has 0 unspecified atom stereocenters. The zero-order chi connectivity index (χ0) is 32.0. The lowest BCUT2D eigenvalue weighted by Gasteiger charge is -2.48. The number of halogens is 2. The lowest BCUT2D eigenvalue weighted by molar-refractivity contribution is 0.102. The number of imidazole rings is 1. The molecule has 5 aliphatic heterocycles. The Bertz CT molecular complexity index is 1990. The zero-order valence-electron chi connectivity index (χ0n) is 25.9. The summed E-state index contributed by atoms with van der Waals surface area (Å²) in [6, 6.07) is 6.35. The fraction of sp³-hybridized carbons (Fsp3) is 0.486. The molecule has 7 heterocycles. The molecule has 2 N–H and O–H groups in total. The number of terminal acetylenes is 1. The minimum atomic E-state index is -0.880. The molecule has 2 aromatic carbocycles. The molecule has 0 spiro atoms. The van der Waals surface area contributed by atoms with Gasteiger partial charge in [-0.15, -0.1) is 6.42 Å². The van der Waals surface area contributed by atoms with Crippen molar-refractivity contribution in [2.45, 2.75) is 74.8 Å². The summed E-state index contributed by atoms with van der Waals surface area (Å²) in [5.41, 5.74) is 0.637. The minimum Gasteiger partial charge on any atom is -0.508 e. The predicted molar refractivity (Wildman–Crippen MR) is 171 cm³/mol. The van der Waals surface area contributed by atoms with Crippen molar-refractivity contribution < 1.29 is 23.4 Å². The second kappa shape index (κ2) is 10.6. The Morgan fingerprint density at radius 3 is 2.70 bits per heavy atom. The van der Waals surface area contributed by atoms with Crippen LogP contribution in [0.3, 0.4) is 0 Å². The number of rotatable bonds is 7. The van der Waals surface area contributed by atoms with Gasteiger partial charge >= 0.3 is 6.01 Å². The monoisotopic (exact) mass is 639 g/mol. The van der Waals surface area contributed by atoms with Crippen LogP contribution in [0.1, 0.15) is 72.7 Å². The van der Waals surface area contributed by atoms with Gasteiger partial charge in [0.05, 0.1) is 11.1 Å². The highest BCUT2D eigenvalue weighted by atomic mass is 19.1. The number of piperidine rings is 1. The van der Waals surface area contributed by atoms with Gasteiger partial charge < -0.3 is 24.6 Å². The quantitative estimate of drug-likeness (QED) is 0.227. The second-order valence-corrected chi connectivity index (χ2v) is 13.9. The second-order valence-electron chi connectivity index (χ2n) is 13.9. The summed E-state index contributed by atoms with van der Waals surface area (Å²) in [5.74, 6) is 1.94. The molecule has 10 nitrogen and oxygen atoms in total. The zero-order valence-corrected chi connectivity index (χ0v) is 25.9. The average molecular weight is 640 g/mol. The van der Waals surface area contributed by atoms with E-state index < -0.39 is 17.8 Å². The van der Waals surface area contributed by atoms with Gasteiger partial charge in [-0.25, -0.2) is 13.8 Å². The van der Waals surface area contributed by atoms with Crippen LogP contribution >= 0.6 is 0 Å². The summed E-state index contributed by atoms with van der Waals surface area (Å²) in [6.45, 7) is 3.03. The Kier molecular flexibility index (Phi) is 6.50. The maximum absolute atomic E-state index is 14.9. The number of aromatic hydroxyl groups is 1. The Labute approximate surface area is 270 Å². The number of hydrogen-bond donors (Lipinski definition) is 2. The Hall–Kier alpha value is -4.34. The number of aromatic nitrogens is 4. The number of anilines is 1. The van der Waals surface area contributed by atoms with Crippen molar-refractivity contribution >= 4 is 33.5 Å². The normalized spacial score (nSPS) is 27.1. The fourth-order valence-corrected chi connectivity index (χ4v) is 8.61. The largest absolute Gasteiger partial charge is 0.508 e. The van der Waals surface area contributed by atoms with E-state index >= 15 is 0 Å². The first-order valence-electron chi connectivity index (χ1n) is 16.6. The number of alkyl halides is 1. The highest BCUT2D eigenvalue weighted by Gasteiger charge is 2.49. The molecule has 10 rings (SSSR count). The Morgan fingerprint density at radius 2 is 1.96 bits per heavy atom. The molecule has 6 aliphatic rings. The molecule has 5 saturated heterocycles. The molecule has 0 radical (unpaired) electrons. The molecule has 12 heteroatoms. The number of carbonyl (C=O) groups excluding carboxylic acids is 1. The summed E-state index contributed by atoms with van der Waals surface area (Å²) < 4.78 is 37.7. The van der Waals surface area contributed by atoms with E-state index in [0.29, 0.717) is 47.4 Å². The van der Waals surface area contributed by atoms with Crippen LogP contribution in [0.4, 0.5) is 14.6 Å². The molecule has 4 aromatic rings. The maximum atomic E-state index is 14.9. The van der Waals surface area contributed by atoms with E-state index in [2.05, 4.69) is 21.0 Å². The number of benzene rings is 2. The predicted octanol–water partition coefficient (Wildman–Crippen LogP) is 4.27. The van der Waals surface area contributed by atoms with E-state index in [9.17, 15) is 18.7 Å². The van der Waals surface area contributed by atoms with Crippen LogP contribution in [0.2, 0.25) is 0 Å². The van der Waals surface area contributed by atoms with Crippen molar-refractivity contribution in [1.82, 2.24) is 29.7 Å². The maximum Gasteiger partial charge on any atom is 0.320 e. The summed E-state index contributed by atoms with van der Waals surface area (Å²) in [4.78, 5) is 33.6. The first-order valence-corrected chi connectivity index (χ1v) is 16.6. The van der Waals surface area contributed by atoms with Gasteiger partial charge in [0.2, 0.25) is 5.78 Å². The van der Waals surface area contributed by atoms with Gasteiger partial charge in [-0.2, -0.15) is 9.97 Å². The smallest absolute Gasteiger partial charge is 0.320 e. The topological polar surface area (TPSA) is 109 Å². The summed E-state index contributed by atoms with van der Waals surface area (Å²) in [6.07, 6.45) is 10.9. The number of ether oxygens (including phenoxy) is 1. The van der Waals surface area contributed by atoms with E-state index in [1.807, 2.05) is 4.57 Å². The van der Waals surface area contributed by atoms with E-state index in [0.717, 1.165) is 58.2 Å². The third-order valence-electron chi connectivity index (χ3n) is 11.0. The number of phenols is 1. The molecule has 2 bridgehead atoms. The number of hydrogen-bond acceptors (Lipinski definition) is 9. The first-order chi connectivity index (χ1) is 22.8.